The molecule has 2 aliphatic rings. The number of nitrogens with one attached hydrogen (secondary N) is 1. The van der Waals surface area contributed by atoms with Crippen LogP contribution in [0.15, 0.2) is 24.3 Å². The number of nitrogens with zero attached hydrogens (tertiary/aromatic N) is 1. The molecular formula is C17H24FN3O. The van der Waals surface area contributed by atoms with Crippen LogP contribution in [0.25, 0.3) is 0 Å². The van der Waals surface area contributed by atoms with E-state index in [1.165, 1.54) is 12.1 Å². The Bertz CT molecular complexity index is 535. The SMILES string of the molecule is C[C@H](N)CN1CCC2(CC1)C(=O)NC[C@@H]2c1ccc(F)cc1. The Morgan fingerprint density at radius 3 is 2.59 bits per heavy atom. The van der Waals surface area contributed by atoms with E-state index in [1.54, 1.807) is 0 Å². The third-order valence-electron chi connectivity index (χ3n) is 5.15. The predicted molar refractivity (Wildman–Crippen MR) is 83.9 cm³/mol. The summed E-state index contributed by atoms with van der Waals surface area (Å²) >= 11 is 0. The molecule has 2 aliphatic heterocycles. The van der Waals surface area contributed by atoms with E-state index in [-0.39, 0.29) is 29.1 Å². The Balaban J connectivity index is 1.78. The molecule has 0 aliphatic carbocycles. The molecular weight excluding hydrogens is 281 g/mol. The Kier molecular flexibility index (Phi) is 4.19. The summed E-state index contributed by atoms with van der Waals surface area (Å²) in [5.41, 5.74) is 6.59. The zero-order valence-electron chi connectivity index (χ0n) is 13.0. The van der Waals surface area contributed by atoms with Crippen LogP contribution in [0.3, 0.4) is 0 Å². The summed E-state index contributed by atoms with van der Waals surface area (Å²) in [6.07, 6.45) is 1.68. The van der Waals surface area contributed by atoms with Gasteiger partial charge in [-0.25, -0.2) is 4.39 Å². The summed E-state index contributed by atoms with van der Waals surface area (Å²) in [6, 6.07) is 6.75. The van der Waals surface area contributed by atoms with Crippen molar-refractivity contribution in [2.75, 3.05) is 26.2 Å². The lowest BCUT2D eigenvalue weighted by atomic mass is 9.68. The van der Waals surface area contributed by atoms with Gasteiger partial charge in [0.1, 0.15) is 5.82 Å². The minimum Gasteiger partial charge on any atom is -0.355 e. The standard InChI is InChI=1S/C17H24FN3O/c1-12(19)11-21-8-6-17(7-9-21)15(10-20-16(17)22)13-2-4-14(18)5-3-13/h2-5,12,15H,6-11,19H2,1H3,(H,20,22)/t12-,15+/m0/s1. The van der Waals surface area contributed by atoms with Crippen LogP contribution in [0, 0.1) is 11.2 Å². The molecule has 0 aromatic heterocycles. The average Bonchev–Trinajstić information content (AvgIpc) is 2.79. The van der Waals surface area contributed by atoms with Gasteiger partial charge in [-0.1, -0.05) is 12.1 Å². The maximum absolute atomic E-state index is 13.2. The smallest absolute Gasteiger partial charge is 0.227 e. The molecule has 0 bridgehead atoms. The normalized spacial score (nSPS) is 26.1. The molecule has 2 heterocycles. The van der Waals surface area contributed by atoms with Crippen LogP contribution in [-0.2, 0) is 4.79 Å². The summed E-state index contributed by atoms with van der Waals surface area (Å²) in [6.45, 7) is 5.32. The molecule has 2 fully saturated rings. The predicted octanol–water partition coefficient (Wildman–Crippen LogP) is 1.47. The van der Waals surface area contributed by atoms with Crippen LogP contribution in [0.5, 0.6) is 0 Å². The lowest BCUT2D eigenvalue weighted by Gasteiger charge is -2.41. The van der Waals surface area contributed by atoms with E-state index in [9.17, 15) is 9.18 Å². The molecule has 3 N–H and O–H groups in total. The van der Waals surface area contributed by atoms with Crippen molar-refractivity contribution in [2.45, 2.75) is 31.7 Å². The monoisotopic (exact) mass is 305 g/mol. The number of benzene rings is 1. The van der Waals surface area contributed by atoms with Crippen molar-refractivity contribution in [3.05, 3.63) is 35.6 Å². The van der Waals surface area contributed by atoms with E-state index in [4.69, 9.17) is 5.73 Å². The van der Waals surface area contributed by atoms with Crippen molar-refractivity contribution < 1.29 is 9.18 Å². The highest BCUT2D eigenvalue weighted by molar-refractivity contribution is 5.86. The highest BCUT2D eigenvalue weighted by Crippen LogP contribution is 2.47. The lowest BCUT2D eigenvalue weighted by molar-refractivity contribution is -0.130. The molecule has 1 spiro atoms. The number of halogens is 1. The van der Waals surface area contributed by atoms with Gasteiger partial charge in [-0.05, 0) is 50.6 Å². The molecule has 22 heavy (non-hydrogen) atoms. The molecule has 0 unspecified atom stereocenters. The van der Waals surface area contributed by atoms with E-state index < -0.39 is 0 Å². The largest absolute Gasteiger partial charge is 0.355 e. The maximum atomic E-state index is 13.2. The van der Waals surface area contributed by atoms with E-state index in [0.29, 0.717) is 6.54 Å². The number of rotatable bonds is 3. The van der Waals surface area contributed by atoms with Gasteiger partial charge in [-0.15, -0.1) is 0 Å². The zero-order valence-corrected chi connectivity index (χ0v) is 13.0. The summed E-state index contributed by atoms with van der Waals surface area (Å²) in [7, 11) is 0. The number of hydrogen-bond acceptors (Lipinski definition) is 3. The topological polar surface area (TPSA) is 58.4 Å². The Labute approximate surface area is 130 Å². The first-order valence-electron chi connectivity index (χ1n) is 8.03. The molecule has 1 amide bonds. The van der Waals surface area contributed by atoms with Crippen LogP contribution in [0.1, 0.15) is 31.2 Å². The van der Waals surface area contributed by atoms with Crippen molar-refractivity contribution in [3.8, 4) is 0 Å². The lowest BCUT2D eigenvalue weighted by Crippen LogP contribution is -2.48. The van der Waals surface area contributed by atoms with Gasteiger partial charge in [0.05, 0.1) is 5.41 Å². The average molecular weight is 305 g/mol. The molecule has 120 valence electrons. The summed E-state index contributed by atoms with van der Waals surface area (Å²) in [5.74, 6) is 0.0576. The number of nitrogens with two attached hydrogens (primary N) is 1. The van der Waals surface area contributed by atoms with Gasteiger partial charge in [-0.2, -0.15) is 0 Å². The molecule has 2 saturated heterocycles. The highest BCUT2D eigenvalue weighted by Gasteiger charge is 2.51. The molecule has 2 atom stereocenters. The summed E-state index contributed by atoms with van der Waals surface area (Å²) in [4.78, 5) is 14.8. The number of piperidine rings is 1. The van der Waals surface area contributed by atoms with Crippen molar-refractivity contribution in [3.63, 3.8) is 0 Å². The first-order chi connectivity index (χ1) is 10.5. The van der Waals surface area contributed by atoms with Crippen LogP contribution >= 0.6 is 0 Å². The second-order valence-corrected chi connectivity index (χ2v) is 6.75. The summed E-state index contributed by atoms with van der Waals surface area (Å²) in [5, 5.41) is 3.02. The quantitative estimate of drug-likeness (QED) is 0.889. The molecule has 0 radical (unpaired) electrons. The number of amides is 1. The van der Waals surface area contributed by atoms with Crippen LogP contribution < -0.4 is 11.1 Å². The Morgan fingerprint density at radius 2 is 2.00 bits per heavy atom. The van der Waals surface area contributed by atoms with Gasteiger partial charge in [0.15, 0.2) is 0 Å². The molecule has 1 aromatic rings. The first-order valence-corrected chi connectivity index (χ1v) is 8.03. The fraction of sp³-hybridized carbons (Fsp3) is 0.588. The Morgan fingerprint density at radius 1 is 1.36 bits per heavy atom. The van der Waals surface area contributed by atoms with Crippen molar-refractivity contribution in [1.82, 2.24) is 10.2 Å². The minimum atomic E-state index is -0.341. The second-order valence-electron chi connectivity index (χ2n) is 6.75. The van der Waals surface area contributed by atoms with Crippen LogP contribution in [0.2, 0.25) is 0 Å². The third kappa shape index (κ3) is 2.75. The molecule has 3 rings (SSSR count). The van der Waals surface area contributed by atoms with Crippen LogP contribution in [0.4, 0.5) is 4.39 Å². The van der Waals surface area contributed by atoms with E-state index in [0.717, 1.165) is 38.0 Å². The van der Waals surface area contributed by atoms with Gasteiger partial charge in [0.2, 0.25) is 5.91 Å². The highest BCUT2D eigenvalue weighted by atomic mass is 19.1. The zero-order chi connectivity index (χ0) is 15.7. The van der Waals surface area contributed by atoms with Gasteiger partial charge >= 0.3 is 0 Å². The molecule has 5 heteroatoms. The maximum Gasteiger partial charge on any atom is 0.227 e. The second kappa shape index (κ2) is 5.97. The molecule has 1 aromatic carbocycles. The number of carbonyl (C=O) groups excluding carboxylic acids is 1. The van der Waals surface area contributed by atoms with Gasteiger partial charge in [0, 0.05) is 25.0 Å². The van der Waals surface area contributed by atoms with Crippen molar-refractivity contribution in [2.24, 2.45) is 11.1 Å². The van der Waals surface area contributed by atoms with Gasteiger partial charge in [0.25, 0.3) is 0 Å². The number of carbonyl (C=O) groups is 1. The van der Waals surface area contributed by atoms with Crippen LogP contribution in [-0.4, -0.2) is 43.0 Å². The van der Waals surface area contributed by atoms with Crippen molar-refractivity contribution in [1.29, 1.82) is 0 Å². The van der Waals surface area contributed by atoms with Crippen molar-refractivity contribution >= 4 is 5.91 Å². The summed E-state index contributed by atoms with van der Waals surface area (Å²) < 4.78 is 13.2. The third-order valence-corrected chi connectivity index (χ3v) is 5.15. The Hall–Kier alpha value is -1.46. The fourth-order valence-corrected chi connectivity index (χ4v) is 3.97. The molecule has 0 saturated carbocycles. The first kappa shape index (κ1) is 15.4. The number of hydrogen-bond donors (Lipinski definition) is 2. The fourth-order valence-electron chi connectivity index (χ4n) is 3.97. The van der Waals surface area contributed by atoms with Gasteiger partial charge in [-0.3, -0.25) is 4.79 Å². The van der Waals surface area contributed by atoms with E-state index in [1.807, 2.05) is 19.1 Å². The van der Waals surface area contributed by atoms with Gasteiger partial charge < -0.3 is 16.0 Å². The van der Waals surface area contributed by atoms with E-state index >= 15 is 0 Å². The van der Waals surface area contributed by atoms with E-state index in [2.05, 4.69) is 10.2 Å². The minimum absolute atomic E-state index is 0.137. The molecule has 4 nitrogen and oxygen atoms in total. The number of likely N-dealkylation sites (tertiary alicyclic amines) is 1.